The first-order valence-electron chi connectivity index (χ1n) is 18.8. The van der Waals surface area contributed by atoms with Crippen LogP contribution in [-0.4, -0.2) is 18.8 Å². The molecule has 0 unspecified atom stereocenters. The summed E-state index contributed by atoms with van der Waals surface area (Å²) in [6.07, 6.45) is 6.34. The molecule has 0 radical (unpaired) electrons. The highest BCUT2D eigenvalue weighted by atomic mass is 15.0. The first-order valence-corrected chi connectivity index (χ1v) is 18.8. The molecule has 0 spiro atoms. The summed E-state index contributed by atoms with van der Waals surface area (Å²) < 4.78 is 4.78. The van der Waals surface area contributed by atoms with Crippen molar-refractivity contribution < 1.29 is 0 Å². The maximum atomic E-state index is 5.44. The van der Waals surface area contributed by atoms with Gasteiger partial charge in [-0.25, -0.2) is 9.97 Å². The Labute approximate surface area is 315 Å². The summed E-state index contributed by atoms with van der Waals surface area (Å²) in [5.41, 5.74) is 12.3. The SMILES string of the molecule is C=Cc1c(/C=C\C)c2ccc3c4ccccc4n4c5nc6ccccc6nc5c5ccc(-c6ccc7c8ccccc8c8ccccc8c7c6)cc5n1c2c34. The van der Waals surface area contributed by atoms with Gasteiger partial charge in [-0.05, 0) is 92.8 Å². The fraction of sp³-hybridized carbons (Fsp3) is 0.0196. The van der Waals surface area contributed by atoms with Gasteiger partial charge in [0.05, 0.1) is 38.8 Å². The van der Waals surface area contributed by atoms with Crippen molar-refractivity contribution in [1.29, 1.82) is 0 Å². The molecule has 0 aliphatic heterocycles. The smallest absolute Gasteiger partial charge is 0.165 e. The zero-order valence-electron chi connectivity index (χ0n) is 30.1. The van der Waals surface area contributed by atoms with Gasteiger partial charge in [-0.1, -0.05) is 128 Å². The maximum absolute atomic E-state index is 5.44. The van der Waals surface area contributed by atoms with Gasteiger partial charge in [0.15, 0.2) is 5.65 Å². The molecule has 0 saturated carbocycles. The van der Waals surface area contributed by atoms with E-state index < -0.39 is 0 Å². The number of fused-ring (bicyclic) bond motifs is 15. The van der Waals surface area contributed by atoms with Crippen LogP contribution in [0.15, 0.2) is 158 Å². The standard InChI is InChI=1S/C51H32N4/c1-3-13-37-39-26-27-40-38-18-9-12-21-46(38)55-50(40)49(39)54(45(37)4-2)47-29-31(23-25-41(47)48-51(55)53-44-20-11-10-19-43(44)52-48)30-22-24-36-34-16-6-5-14-32(34)33-15-7-8-17-35(33)42(36)28-30/h3-29H,2H2,1H3/b13-3-. The van der Waals surface area contributed by atoms with Crippen LogP contribution < -0.4 is 0 Å². The molecule has 12 aromatic rings. The lowest BCUT2D eigenvalue weighted by Crippen LogP contribution is -1.99. The normalized spacial score (nSPS) is 12.5. The Bertz CT molecular complexity index is 3660. The van der Waals surface area contributed by atoms with Crippen LogP contribution >= 0.6 is 0 Å². The summed E-state index contributed by atoms with van der Waals surface area (Å²) in [5.74, 6) is 0. The van der Waals surface area contributed by atoms with Crippen LogP contribution in [0.2, 0.25) is 0 Å². The van der Waals surface area contributed by atoms with Crippen molar-refractivity contribution in [1.82, 2.24) is 18.8 Å². The monoisotopic (exact) mass is 700 g/mol. The van der Waals surface area contributed by atoms with Crippen LogP contribution in [0.1, 0.15) is 18.2 Å². The molecule has 0 saturated heterocycles. The van der Waals surface area contributed by atoms with Crippen molar-refractivity contribution in [2.75, 3.05) is 0 Å². The summed E-state index contributed by atoms with van der Waals surface area (Å²) in [5, 5.41) is 12.1. The highest BCUT2D eigenvalue weighted by Crippen LogP contribution is 2.43. The third-order valence-corrected chi connectivity index (χ3v) is 11.7. The van der Waals surface area contributed by atoms with Gasteiger partial charge in [0.25, 0.3) is 0 Å². The first kappa shape index (κ1) is 30.2. The fourth-order valence-electron chi connectivity index (χ4n) is 9.39. The Morgan fingerprint density at radius 3 is 1.73 bits per heavy atom. The zero-order valence-corrected chi connectivity index (χ0v) is 30.1. The van der Waals surface area contributed by atoms with Crippen LogP contribution in [-0.2, 0) is 0 Å². The van der Waals surface area contributed by atoms with Gasteiger partial charge in [0.2, 0.25) is 0 Å². The molecule has 0 aliphatic carbocycles. The molecule has 0 amide bonds. The molecule has 4 nitrogen and oxygen atoms in total. The Morgan fingerprint density at radius 1 is 0.473 bits per heavy atom. The molecule has 0 fully saturated rings. The topological polar surface area (TPSA) is 34.6 Å². The summed E-state index contributed by atoms with van der Waals surface area (Å²) in [4.78, 5) is 10.9. The molecule has 0 atom stereocenters. The number of aromatic nitrogens is 4. The molecule has 4 heterocycles. The van der Waals surface area contributed by atoms with E-state index in [0.29, 0.717) is 0 Å². The molecule has 0 N–H and O–H groups in total. The lowest BCUT2D eigenvalue weighted by atomic mass is 9.92. The number of nitrogens with zero attached hydrogens (tertiary/aromatic N) is 4. The minimum Gasteiger partial charge on any atom is -0.306 e. The molecule has 12 rings (SSSR count). The molecule has 4 heteroatoms. The average Bonchev–Trinajstić information content (AvgIpc) is 3.75. The van der Waals surface area contributed by atoms with E-state index in [-0.39, 0.29) is 0 Å². The van der Waals surface area contributed by atoms with Gasteiger partial charge in [-0.3, -0.25) is 4.40 Å². The van der Waals surface area contributed by atoms with E-state index in [1.54, 1.807) is 0 Å². The van der Waals surface area contributed by atoms with Gasteiger partial charge in [0.1, 0.15) is 5.52 Å². The molecular formula is C51H32N4. The Morgan fingerprint density at radius 2 is 1.02 bits per heavy atom. The highest BCUT2D eigenvalue weighted by molar-refractivity contribution is 6.26. The minimum absolute atomic E-state index is 0.829. The molecule has 0 aliphatic rings. The Hall–Kier alpha value is -7.30. The predicted molar refractivity (Wildman–Crippen MR) is 234 cm³/mol. The summed E-state index contributed by atoms with van der Waals surface area (Å²) in [6.45, 7) is 6.49. The van der Waals surface area contributed by atoms with Crippen molar-refractivity contribution in [2.45, 2.75) is 6.92 Å². The Balaban J connectivity index is 1.31. The number of hydrogen-bond acceptors (Lipinski definition) is 2. The molecular weight excluding hydrogens is 669 g/mol. The van der Waals surface area contributed by atoms with Crippen molar-refractivity contribution in [2.24, 2.45) is 0 Å². The second kappa shape index (κ2) is 11.1. The van der Waals surface area contributed by atoms with Crippen LogP contribution in [0.25, 0.3) is 121 Å². The van der Waals surface area contributed by atoms with E-state index in [0.717, 1.165) is 72.0 Å². The van der Waals surface area contributed by atoms with Gasteiger partial charge in [-0.2, -0.15) is 0 Å². The summed E-state index contributed by atoms with van der Waals surface area (Å²) in [7, 11) is 0. The third kappa shape index (κ3) is 4.00. The predicted octanol–water partition coefficient (Wildman–Crippen LogP) is 13.6. The number of hydrogen-bond donors (Lipinski definition) is 0. The van der Waals surface area contributed by atoms with Crippen LogP contribution in [0.3, 0.4) is 0 Å². The molecule has 4 aromatic heterocycles. The van der Waals surface area contributed by atoms with E-state index in [9.17, 15) is 0 Å². The van der Waals surface area contributed by atoms with Crippen molar-refractivity contribution in [3.63, 3.8) is 0 Å². The third-order valence-electron chi connectivity index (χ3n) is 11.7. The minimum atomic E-state index is 0.829. The quantitative estimate of drug-likeness (QED) is 0.172. The number of para-hydroxylation sites is 3. The number of benzene rings is 8. The number of rotatable bonds is 3. The van der Waals surface area contributed by atoms with E-state index in [1.807, 2.05) is 18.2 Å². The van der Waals surface area contributed by atoms with Gasteiger partial charge < -0.3 is 4.40 Å². The first-order chi connectivity index (χ1) is 27.2. The Kier molecular flexibility index (Phi) is 6.10. The van der Waals surface area contributed by atoms with Crippen LogP contribution in [0.5, 0.6) is 0 Å². The second-order valence-electron chi connectivity index (χ2n) is 14.5. The van der Waals surface area contributed by atoms with E-state index in [1.165, 1.54) is 48.5 Å². The van der Waals surface area contributed by atoms with Crippen LogP contribution in [0.4, 0.5) is 0 Å². The van der Waals surface area contributed by atoms with Crippen molar-refractivity contribution in [3.8, 4) is 11.1 Å². The molecule has 8 aromatic carbocycles. The van der Waals surface area contributed by atoms with E-state index >= 15 is 0 Å². The average molecular weight is 701 g/mol. The lowest BCUT2D eigenvalue weighted by Gasteiger charge is -2.14. The number of allylic oxidation sites excluding steroid dienone is 1. The lowest BCUT2D eigenvalue weighted by molar-refractivity contribution is 1.21. The molecule has 256 valence electrons. The molecule has 0 bridgehead atoms. The van der Waals surface area contributed by atoms with Gasteiger partial charge in [0, 0.05) is 27.1 Å². The molecule has 55 heavy (non-hydrogen) atoms. The summed E-state index contributed by atoms with van der Waals surface area (Å²) >= 11 is 0. The van der Waals surface area contributed by atoms with E-state index in [2.05, 4.69) is 168 Å². The maximum Gasteiger partial charge on any atom is 0.165 e. The fourth-order valence-corrected chi connectivity index (χ4v) is 9.39. The van der Waals surface area contributed by atoms with Gasteiger partial charge in [-0.15, -0.1) is 0 Å². The largest absolute Gasteiger partial charge is 0.306 e. The zero-order chi connectivity index (χ0) is 36.4. The van der Waals surface area contributed by atoms with E-state index in [4.69, 9.17) is 9.97 Å². The van der Waals surface area contributed by atoms with Crippen molar-refractivity contribution in [3.05, 3.63) is 170 Å². The van der Waals surface area contributed by atoms with Crippen molar-refractivity contribution >= 4 is 110 Å². The van der Waals surface area contributed by atoms with Gasteiger partial charge >= 0.3 is 0 Å². The highest BCUT2D eigenvalue weighted by Gasteiger charge is 2.23. The summed E-state index contributed by atoms with van der Waals surface area (Å²) in [6, 6.07) is 52.8. The second-order valence-corrected chi connectivity index (χ2v) is 14.5. The van der Waals surface area contributed by atoms with Crippen LogP contribution in [0, 0.1) is 0 Å².